The minimum Gasteiger partial charge on any atom is -0.496 e. The summed E-state index contributed by atoms with van der Waals surface area (Å²) in [6.45, 7) is 3.67. The first kappa shape index (κ1) is 14.8. The van der Waals surface area contributed by atoms with Gasteiger partial charge in [-0.1, -0.05) is 29.3 Å². The Morgan fingerprint density at radius 2 is 1.85 bits per heavy atom. The second kappa shape index (κ2) is 5.81. The Morgan fingerprint density at radius 3 is 2.50 bits per heavy atom. The monoisotopic (exact) mass is 293 g/mol. The summed E-state index contributed by atoms with van der Waals surface area (Å²) in [5.41, 5.74) is 9.41. The molecule has 1 atom stereocenters. The highest BCUT2D eigenvalue weighted by atomic mass is 35.5. The lowest BCUT2D eigenvalue weighted by molar-refractivity contribution is 0.407. The fourth-order valence-electron chi connectivity index (χ4n) is 2.18. The van der Waals surface area contributed by atoms with Crippen molar-refractivity contribution >= 4 is 11.6 Å². The van der Waals surface area contributed by atoms with E-state index in [0.29, 0.717) is 21.9 Å². The van der Waals surface area contributed by atoms with Crippen molar-refractivity contribution in [1.29, 1.82) is 0 Å². The highest BCUT2D eigenvalue weighted by Crippen LogP contribution is 2.33. The fraction of sp³-hybridized carbons (Fsp3) is 0.250. The van der Waals surface area contributed by atoms with Crippen LogP contribution in [0.4, 0.5) is 4.39 Å². The second-order valence-corrected chi connectivity index (χ2v) is 5.25. The van der Waals surface area contributed by atoms with E-state index in [4.69, 9.17) is 22.1 Å². The topological polar surface area (TPSA) is 35.2 Å². The van der Waals surface area contributed by atoms with Crippen molar-refractivity contribution in [2.45, 2.75) is 19.9 Å². The first-order valence-corrected chi connectivity index (χ1v) is 6.67. The van der Waals surface area contributed by atoms with E-state index in [9.17, 15) is 4.39 Å². The van der Waals surface area contributed by atoms with Gasteiger partial charge in [-0.25, -0.2) is 4.39 Å². The average Bonchev–Trinajstić information content (AvgIpc) is 2.42. The number of halogens is 2. The Kier molecular flexibility index (Phi) is 4.31. The van der Waals surface area contributed by atoms with Gasteiger partial charge in [-0.05, 0) is 43.2 Å². The maximum absolute atomic E-state index is 13.5. The van der Waals surface area contributed by atoms with E-state index in [0.717, 1.165) is 11.1 Å². The number of hydrogen-bond acceptors (Lipinski definition) is 2. The largest absolute Gasteiger partial charge is 0.496 e. The highest BCUT2D eigenvalue weighted by molar-refractivity contribution is 6.31. The van der Waals surface area contributed by atoms with Crippen molar-refractivity contribution in [3.8, 4) is 5.75 Å². The average molecular weight is 294 g/mol. The maximum atomic E-state index is 13.5. The van der Waals surface area contributed by atoms with Gasteiger partial charge in [0.05, 0.1) is 13.2 Å². The Hall–Kier alpha value is -1.58. The summed E-state index contributed by atoms with van der Waals surface area (Å²) < 4.78 is 18.8. The number of hydrogen-bond donors (Lipinski definition) is 1. The first-order chi connectivity index (χ1) is 9.43. The van der Waals surface area contributed by atoms with Crippen LogP contribution >= 0.6 is 11.6 Å². The van der Waals surface area contributed by atoms with Crippen molar-refractivity contribution in [2.24, 2.45) is 5.73 Å². The summed E-state index contributed by atoms with van der Waals surface area (Å²) in [6.07, 6.45) is 0. The summed E-state index contributed by atoms with van der Waals surface area (Å²) in [6, 6.07) is 8.30. The van der Waals surface area contributed by atoms with Crippen LogP contribution in [0.2, 0.25) is 5.02 Å². The standard InChI is InChI=1S/C16H17ClFNO/c1-9-4-5-15(20-3)12(6-9)16(19)11-7-10(2)14(18)8-13(11)17/h4-8,16H,19H2,1-3H3. The summed E-state index contributed by atoms with van der Waals surface area (Å²) in [5.74, 6) is 0.364. The third-order valence-corrected chi connectivity index (χ3v) is 3.66. The van der Waals surface area contributed by atoms with Gasteiger partial charge in [0, 0.05) is 10.6 Å². The van der Waals surface area contributed by atoms with Crippen LogP contribution in [0, 0.1) is 19.7 Å². The van der Waals surface area contributed by atoms with Crippen LogP contribution < -0.4 is 10.5 Å². The van der Waals surface area contributed by atoms with Crippen LogP contribution in [-0.4, -0.2) is 7.11 Å². The highest BCUT2D eigenvalue weighted by Gasteiger charge is 2.18. The molecule has 0 heterocycles. The molecule has 0 bridgehead atoms. The Bertz CT molecular complexity index is 643. The van der Waals surface area contributed by atoms with Crippen molar-refractivity contribution < 1.29 is 9.13 Å². The molecular weight excluding hydrogens is 277 g/mol. The van der Waals surface area contributed by atoms with E-state index >= 15 is 0 Å². The van der Waals surface area contributed by atoms with Gasteiger partial charge in [0.2, 0.25) is 0 Å². The molecule has 0 aliphatic rings. The fourth-order valence-corrected chi connectivity index (χ4v) is 2.45. The SMILES string of the molecule is COc1ccc(C)cc1C(N)c1cc(C)c(F)cc1Cl. The van der Waals surface area contributed by atoms with E-state index in [1.165, 1.54) is 6.07 Å². The van der Waals surface area contributed by atoms with E-state index in [-0.39, 0.29) is 5.82 Å². The molecule has 0 aliphatic carbocycles. The molecule has 0 saturated heterocycles. The van der Waals surface area contributed by atoms with Crippen molar-refractivity contribution in [3.05, 3.63) is 63.4 Å². The molecule has 2 aromatic carbocycles. The lowest BCUT2D eigenvalue weighted by atomic mass is 9.96. The molecule has 20 heavy (non-hydrogen) atoms. The number of benzene rings is 2. The summed E-state index contributed by atoms with van der Waals surface area (Å²) in [4.78, 5) is 0. The van der Waals surface area contributed by atoms with Crippen molar-refractivity contribution in [1.82, 2.24) is 0 Å². The molecule has 2 N–H and O–H groups in total. The smallest absolute Gasteiger partial charge is 0.127 e. The summed E-state index contributed by atoms with van der Waals surface area (Å²) in [7, 11) is 1.60. The number of nitrogens with two attached hydrogens (primary N) is 1. The molecule has 2 rings (SSSR count). The minimum atomic E-state index is -0.461. The van der Waals surface area contributed by atoms with Crippen molar-refractivity contribution in [3.63, 3.8) is 0 Å². The zero-order chi connectivity index (χ0) is 14.9. The quantitative estimate of drug-likeness (QED) is 0.922. The molecule has 1 unspecified atom stereocenters. The lowest BCUT2D eigenvalue weighted by Crippen LogP contribution is -2.14. The zero-order valence-electron chi connectivity index (χ0n) is 11.7. The maximum Gasteiger partial charge on any atom is 0.127 e. The molecule has 2 aromatic rings. The molecular formula is C16H17ClFNO. The Labute approximate surface area is 123 Å². The minimum absolute atomic E-state index is 0.323. The third kappa shape index (κ3) is 2.79. The van der Waals surface area contributed by atoms with E-state index in [2.05, 4.69) is 0 Å². The third-order valence-electron chi connectivity index (χ3n) is 3.33. The van der Waals surface area contributed by atoms with Gasteiger partial charge in [-0.3, -0.25) is 0 Å². The molecule has 4 heteroatoms. The van der Waals surface area contributed by atoms with E-state index in [1.807, 2.05) is 25.1 Å². The molecule has 0 radical (unpaired) electrons. The predicted octanol–water partition coefficient (Wildman–Crippen LogP) is 4.15. The van der Waals surface area contributed by atoms with Gasteiger partial charge < -0.3 is 10.5 Å². The molecule has 0 amide bonds. The van der Waals surface area contributed by atoms with Crippen LogP contribution in [0.5, 0.6) is 5.75 Å². The predicted molar refractivity (Wildman–Crippen MR) is 79.9 cm³/mol. The van der Waals surface area contributed by atoms with Gasteiger partial charge in [-0.15, -0.1) is 0 Å². The van der Waals surface area contributed by atoms with Crippen LogP contribution in [0.15, 0.2) is 30.3 Å². The molecule has 0 fully saturated rings. The molecule has 0 spiro atoms. The summed E-state index contributed by atoms with van der Waals surface area (Å²) >= 11 is 6.12. The van der Waals surface area contributed by atoms with Gasteiger partial charge in [-0.2, -0.15) is 0 Å². The zero-order valence-corrected chi connectivity index (χ0v) is 12.5. The van der Waals surface area contributed by atoms with E-state index < -0.39 is 6.04 Å². The molecule has 0 saturated carbocycles. The van der Waals surface area contributed by atoms with Crippen LogP contribution in [-0.2, 0) is 0 Å². The van der Waals surface area contributed by atoms with Gasteiger partial charge in [0.15, 0.2) is 0 Å². The van der Waals surface area contributed by atoms with Crippen LogP contribution in [0.25, 0.3) is 0 Å². The normalized spacial score (nSPS) is 12.3. The first-order valence-electron chi connectivity index (χ1n) is 6.29. The van der Waals surface area contributed by atoms with Gasteiger partial charge >= 0.3 is 0 Å². The van der Waals surface area contributed by atoms with Crippen LogP contribution in [0.3, 0.4) is 0 Å². The van der Waals surface area contributed by atoms with Gasteiger partial charge in [0.1, 0.15) is 11.6 Å². The Morgan fingerprint density at radius 1 is 1.15 bits per heavy atom. The number of aryl methyl sites for hydroxylation is 2. The number of rotatable bonds is 3. The second-order valence-electron chi connectivity index (χ2n) is 4.85. The lowest BCUT2D eigenvalue weighted by Gasteiger charge is -2.18. The molecule has 0 aliphatic heterocycles. The molecule has 106 valence electrons. The van der Waals surface area contributed by atoms with Crippen LogP contribution in [0.1, 0.15) is 28.3 Å². The Balaban J connectivity index is 2.54. The van der Waals surface area contributed by atoms with E-state index in [1.54, 1.807) is 20.1 Å². The number of methoxy groups -OCH3 is 1. The molecule has 0 aromatic heterocycles. The molecule has 2 nitrogen and oxygen atoms in total. The summed E-state index contributed by atoms with van der Waals surface area (Å²) in [5, 5.41) is 0.323. The van der Waals surface area contributed by atoms with Gasteiger partial charge in [0.25, 0.3) is 0 Å². The number of ether oxygens (including phenoxy) is 1. The van der Waals surface area contributed by atoms with Crippen molar-refractivity contribution in [2.75, 3.05) is 7.11 Å².